The molecule has 0 aromatic heterocycles. The first-order valence-corrected chi connectivity index (χ1v) is 10.0. The molecule has 1 aliphatic rings. The first-order valence-electron chi connectivity index (χ1n) is 10.0. The maximum absolute atomic E-state index is 11.6. The van der Waals surface area contributed by atoms with E-state index in [1.54, 1.807) is 0 Å². The van der Waals surface area contributed by atoms with Gasteiger partial charge in [0.2, 0.25) is 5.91 Å². The number of nitrogens with one attached hydrogen (secondary N) is 2. The quantitative estimate of drug-likeness (QED) is 0.339. The second-order valence-corrected chi connectivity index (χ2v) is 7.30. The van der Waals surface area contributed by atoms with Crippen LogP contribution < -0.4 is 10.6 Å². The predicted molar refractivity (Wildman–Crippen MR) is 106 cm³/mol. The average molecular weight is 354 g/mol. The summed E-state index contributed by atoms with van der Waals surface area (Å²) < 4.78 is 0. The monoisotopic (exact) mass is 353 g/mol. The lowest BCUT2D eigenvalue weighted by Gasteiger charge is -2.30. The fourth-order valence-corrected chi connectivity index (χ4v) is 3.32. The molecule has 146 valence electrons. The summed E-state index contributed by atoms with van der Waals surface area (Å²) in [4.78, 5) is 20.7. The molecule has 1 saturated heterocycles. The molecule has 0 spiro atoms. The second kappa shape index (κ2) is 12.1. The Bertz CT molecular complexity index is 401. The van der Waals surface area contributed by atoms with E-state index in [0.29, 0.717) is 18.0 Å². The zero-order valence-electron chi connectivity index (χ0n) is 17.0. The third kappa shape index (κ3) is 8.56. The molecule has 1 aliphatic heterocycles. The van der Waals surface area contributed by atoms with E-state index in [0.717, 1.165) is 70.9 Å². The van der Waals surface area contributed by atoms with Gasteiger partial charge in [-0.25, -0.2) is 0 Å². The largest absolute Gasteiger partial charge is 0.357 e. The zero-order valence-corrected chi connectivity index (χ0v) is 17.0. The molecule has 0 radical (unpaired) electrons. The van der Waals surface area contributed by atoms with Crippen LogP contribution in [0.4, 0.5) is 0 Å². The van der Waals surface area contributed by atoms with E-state index in [4.69, 9.17) is 0 Å². The number of hydrogen-bond acceptors (Lipinski definition) is 3. The number of carbonyl (C=O) groups excluding carboxylic acids is 1. The second-order valence-electron chi connectivity index (χ2n) is 7.30. The topological polar surface area (TPSA) is 60.0 Å². The van der Waals surface area contributed by atoms with Crippen LogP contribution >= 0.6 is 0 Å². The van der Waals surface area contributed by atoms with Crippen molar-refractivity contribution < 1.29 is 4.79 Å². The average Bonchev–Trinajstić information content (AvgIpc) is 2.95. The van der Waals surface area contributed by atoms with Gasteiger partial charge in [-0.3, -0.25) is 14.7 Å². The number of rotatable bonds is 11. The van der Waals surface area contributed by atoms with Crippen molar-refractivity contribution in [3.63, 3.8) is 0 Å². The minimum absolute atomic E-state index is 0.300. The Labute approximate surface area is 154 Å². The molecule has 0 bridgehead atoms. The van der Waals surface area contributed by atoms with Crippen molar-refractivity contribution in [1.82, 2.24) is 20.4 Å². The molecule has 1 amide bonds. The summed E-state index contributed by atoms with van der Waals surface area (Å²) in [6, 6.07) is 1.16. The fourth-order valence-electron chi connectivity index (χ4n) is 3.32. The summed E-state index contributed by atoms with van der Waals surface area (Å²) in [5.41, 5.74) is 0. The Morgan fingerprint density at radius 2 is 1.92 bits per heavy atom. The molecule has 6 heteroatoms. The molecule has 1 fully saturated rings. The molecule has 0 atom stereocenters. The number of hydrogen-bond donors (Lipinski definition) is 2. The highest BCUT2D eigenvalue weighted by molar-refractivity contribution is 5.79. The van der Waals surface area contributed by atoms with Gasteiger partial charge in [-0.2, -0.15) is 0 Å². The fraction of sp³-hybridized carbons (Fsp3) is 0.895. The van der Waals surface area contributed by atoms with Crippen LogP contribution in [0.25, 0.3) is 0 Å². The van der Waals surface area contributed by atoms with Crippen molar-refractivity contribution >= 4 is 11.9 Å². The summed E-state index contributed by atoms with van der Waals surface area (Å²) in [5.74, 6) is 1.18. The van der Waals surface area contributed by atoms with Crippen LogP contribution in [0.1, 0.15) is 60.3 Å². The normalized spacial score (nSPS) is 15.8. The predicted octanol–water partition coefficient (Wildman–Crippen LogP) is 2.06. The van der Waals surface area contributed by atoms with E-state index in [9.17, 15) is 4.79 Å². The number of amides is 1. The minimum Gasteiger partial charge on any atom is -0.357 e. The number of aliphatic imine (C=N–C) groups is 1. The Kier molecular flexibility index (Phi) is 10.5. The highest BCUT2D eigenvalue weighted by Crippen LogP contribution is 2.09. The molecular formula is C19H39N5O. The smallest absolute Gasteiger partial charge is 0.222 e. The molecule has 0 aromatic carbocycles. The lowest BCUT2D eigenvalue weighted by molar-refractivity contribution is -0.127. The van der Waals surface area contributed by atoms with Gasteiger partial charge in [0.15, 0.2) is 5.96 Å². The molecule has 0 unspecified atom stereocenters. The number of nitrogens with zero attached hydrogens (tertiary/aromatic N) is 3. The lowest BCUT2D eigenvalue weighted by Crippen LogP contribution is -2.41. The number of likely N-dealkylation sites (tertiary alicyclic amines) is 1. The Morgan fingerprint density at radius 3 is 2.48 bits per heavy atom. The van der Waals surface area contributed by atoms with E-state index < -0.39 is 0 Å². The number of carbonyl (C=O) groups is 1. The van der Waals surface area contributed by atoms with Gasteiger partial charge in [0, 0.05) is 57.8 Å². The summed E-state index contributed by atoms with van der Waals surface area (Å²) in [6.45, 7) is 16.5. The molecule has 1 heterocycles. The summed E-state index contributed by atoms with van der Waals surface area (Å²) in [5, 5.41) is 6.72. The van der Waals surface area contributed by atoms with Crippen molar-refractivity contribution in [3.05, 3.63) is 0 Å². The van der Waals surface area contributed by atoms with Crippen molar-refractivity contribution in [1.29, 1.82) is 0 Å². The van der Waals surface area contributed by atoms with Crippen LogP contribution in [0.5, 0.6) is 0 Å². The summed E-state index contributed by atoms with van der Waals surface area (Å²) in [6.07, 6.45) is 3.76. The van der Waals surface area contributed by atoms with Gasteiger partial charge in [0.1, 0.15) is 0 Å². The van der Waals surface area contributed by atoms with Gasteiger partial charge in [-0.15, -0.1) is 0 Å². The molecule has 2 N–H and O–H groups in total. The van der Waals surface area contributed by atoms with E-state index in [1.807, 2.05) is 4.90 Å². The Hall–Kier alpha value is -1.30. The first kappa shape index (κ1) is 21.7. The highest BCUT2D eigenvalue weighted by Gasteiger charge is 2.18. The molecule has 25 heavy (non-hydrogen) atoms. The van der Waals surface area contributed by atoms with Crippen molar-refractivity contribution in [2.24, 2.45) is 4.99 Å². The highest BCUT2D eigenvalue weighted by atomic mass is 16.2. The van der Waals surface area contributed by atoms with Crippen LogP contribution in [0, 0.1) is 0 Å². The van der Waals surface area contributed by atoms with E-state index in [-0.39, 0.29) is 0 Å². The molecule has 0 aromatic rings. The maximum atomic E-state index is 11.6. The van der Waals surface area contributed by atoms with Gasteiger partial charge < -0.3 is 15.5 Å². The van der Waals surface area contributed by atoms with E-state index >= 15 is 0 Å². The third-order valence-corrected chi connectivity index (χ3v) is 4.58. The minimum atomic E-state index is 0.300. The van der Waals surface area contributed by atoms with Gasteiger partial charge in [0.05, 0.1) is 0 Å². The first-order chi connectivity index (χ1) is 12.0. The van der Waals surface area contributed by atoms with Crippen molar-refractivity contribution in [3.8, 4) is 0 Å². The van der Waals surface area contributed by atoms with E-state index in [2.05, 4.69) is 55.1 Å². The van der Waals surface area contributed by atoms with Crippen LogP contribution in [-0.4, -0.2) is 73.0 Å². The molecular weight excluding hydrogens is 314 g/mol. The Morgan fingerprint density at radius 1 is 1.20 bits per heavy atom. The van der Waals surface area contributed by atoms with Gasteiger partial charge >= 0.3 is 0 Å². The van der Waals surface area contributed by atoms with Crippen LogP contribution in [0.3, 0.4) is 0 Å². The zero-order chi connectivity index (χ0) is 18.7. The van der Waals surface area contributed by atoms with Gasteiger partial charge in [0.25, 0.3) is 0 Å². The molecule has 6 nitrogen and oxygen atoms in total. The molecule has 0 aliphatic carbocycles. The van der Waals surface area contributed by atoms with Crippen LogP contribution in [-0.2, 0) is 4.79 Å². The molecule has 0 saturated carbocycles. The summed E-state index contributed by atoms with van der Waals surface area (Å²) in [7, 11) is 0. The standard InChI is InChI=1S/C19H39N5O/c1-6-20-19(21-11-8-14-23-13-7-10-18(23)25)22-12-9-15-24(16(2)3)17(4)5/h16-17H,6-15H2,1-5H3,(H2,20,21,22). The van der Waals surface area contributed by atoms with Gasteiger partial charge in [-0.05, 0) is 53.9 Å². The third-order valence-electron chi connectivity index (χ3n) is 4.58. The van der Waals surface area contributed by atoms with E-state index in [1.165, 1.54) is 0 Å². The Balaban J connectivity index is 2.26. The maximum Gasteiger partial charge on any atom is 0.222 e. The van der Waals surface area contributed by atoms with Crippen LogP contribution in [0.15, 0.2) is 4.99 Å². The van der Waals surface area contributed by atoms with Crippen LogP contribution in [0.2, 0.25) is 0 Å². The lowest BCUT2D eigenvalue weighted by atomic mass is 10.2. The molecule has 1 rings (SSSR count). The van der Waals surface area contributed by atoms with Crippen molar-refractivity contribution in [2.75, 3.05) is 39.3 Å². The van der Waals surface area contributed by atoms with Gasteiger partial charge in [-0.1, -0.05) is 0 Å². The van der Waals surface area contributed by atoms with Crippen molar-refractivity contribution in [2.45, 2.75) is 72.4 Å². The SMILES string of the molecule is CCNC(=NCCCN1CCCC1=O)NCCCN(C(C)C)C(C)C. The number of guanidine groups is 1. The summed E-state index contributed by atoms with van der Waals surface area (Å²) >= 11 is 0.